The zero-order valence-electron chi connectivity index (χ0n) is 17.9. The van der Waals surface area contributed by atoms with E-state index in [4.69, 9.17) is 4.74 Å². The molecular formula is C24H27N5OS. The van der Waals surface area contributed by atoms with Crippen molar-refractivity contribution in [2.45, 2.75) is 44.3 Å². The molecule has 31 heavy (non-hydrogen) atoms. The van der Waals surface area contributed by atoms with Crippen LogP contribution >= 0.6 is 11.8 Å². The number of nitrogens with zero attached hydrogens (tertiary/aromatic N) is 5. The Hall–Kier alpha value is -3.06. The molecule has 4 rings (SSSR count). The third-order valence-electron chi connectivity index (χ3n) is 4.86. The predicted octanol–water partition coefficient (Wildman–Crippen LogP) is 5.38. The average molecular weight is 434 g/mol. The first kappa shape index (κ1) is 21.2. The summed E-state index contributed by atoms with van der Waals surface area (Å²) in [7, 11) is 0. The second-order valence-electron chi connectivity index (χ2n) is 7.75. The number of thioether (sulfide) groups is 1. The fourth-order valence-electron chi connectivity index (χ4n) is 3.11. The minimum atomic E-state index is 0.404. The fraction of sp³-hybridized carbons (Fsp3) is 0.292. The second-order valence-corrected chi connectivity index (χ2v) is 8.69. The van der Waals surface area contributed by atoms with E-state index < -0.39 is 0 Å². The van der Waals surface area contributed by atoms with E-state index in [0.717, 1.165) is 46.7 Å². The second kappa shape index (κ2) is 10.3. The molecular weight excluding hydrogens is 406 g/mol. The molecule has 0 unspecified atom stereocenters. The molecule has 0 bridgehead atoms. The van der Waals surface area contributed by atoms with Crippen LogP contribution in [0.4, 0.5) is 0 Å². The minimum absolute atomic E-state index is 0.404. The Bertz CT molecular complexity index is 1080. The number of ether oxygens (including phenoxy) is 1. The van der Waals surface area contributed by atoms with Gasteiger partial charge in [-0.2, -0.15) is 5.10 Å². The lowest BCUT2D eigenvalue weighted by Gasteiger charge is -2.12. The van der Waals surface area contributed by atoms with Crippen LogP contribution in [0.3, 0.4) is 0 Å². The Labute approximate surface area is 187 Å². The Morgan fingerprint density at radius 3 is 2.45 bits per heavy atom. The van der Waals surface area contributed by atoms with Gasteiger partial charge in [0.15, 0.2) is 11.0 Å². The van der Waals surface area contributed by atoms with Crippen LogP contribution in [0.5, 0.6) is 5.75 Å². The molecule has 0 radical (unpaired) electrons. The summed E-state index contributed by atoms with van der Waals surface area (Å²) in [5.41, 5.74) is 2.20. The third kappa shape index (κ3) is 5.76. The van der Waals surface area contributed by atoms with Gasteiger partial charge in [-0.1, -0.05) is 62.0 Å². The summed E-state index contributed by atoms with van der Waals surface area (Å²) in [4.78, 5) is 0. The van der Waals surface area contributed by atoms with Crippen molar-refractivity contribution in [2.75, 3.05) is 0 Å². The van der Waals surface area contributed by atoms with Crippen molar-refractivity contribution in [3.63, 3.8) is 0 Å². The van der Waals surface area contributed by atoms with Crippen LogP contribution in [-0.2, 0) is 18.9 Å². The van der Waals surface area contributed by atoms with Gasteiger partial charge in [-0.15, -0.1) is 10.2 Å². The quantitative estimate of drug-likeness (QED) is 0.314. The Balaban J connectivity index is 1.44. The van der Waals surface area contributed by atoms with Crippen molar-refractivity contribution < 1.29 is 4.74 Å². The van der Waals surface area contributed by atoms with Gasteiger partial charge in [0.25, 0.3) is 0 Å². The largest absolute Gasteiger partial charge is 0.486 e. The number of rotatable bonds is 10. The van der Waals surface area contributed by atoms with Crippen molar-refractivity contribution in [1.29, 1.82) is 0 Å². The summed E-state index contributed by atoms with van der Waals surface area (Å²) in [6, 6.07) is 20.0. The van der Waals surface area contributed by atoms with Crippen LogP contribution in [0.2, 0.25) is 0 Å². The lowest BCUT2D eigenvalue weighted by molar-refractivity contribution is 0.285. The minimum Gasteiger partial charge on any atom is -0.486 e. The molecule has 0 saturated heterocycles. The molecule has 0 amide bonds. The van der Waals surface area contributed by atoms with E-state index in [9.17, 15) is 0 Å². The lowest BCUT2D eigenvalue weighted by atomic mass is 10.1. The number of hydrogen-bond donors (Lipinski definition) is 0. The Kier molecular flexibility index (Phi) is 7.04. The van der Waals surface area contributed by atoms with E-state index in [0.29, 0.717) is 12.5 Å². The fourth-order valence-corrected chi connectivity index (χ4v) is 4.01. The molecule has 0 atom stereocenters. The topological polar surface area (TPSA) is 57.8 Å². The van der Waals surface area contributed by atoms with E-state index in [1.165, 1.54) is 0 Å². The van der Waals surface area contributed by atoms with Gasteiger partial charge in [0.1, 0.15) is 12.4 Å². The van der Waals surface area contributed by atoms with Crippen LogP contribution in [0.15, 0.2) is 78.2 Å². The first-order valence-electron chi connectivity index (χ1n) is 10.5. The molecule has 7 heteroatoms. The first-order chi connectivity index (χ1) is 15.2. The van der Waals surface area contributed by atoms with Gasteiger partial charge in [-0.25, -0.2) is 4.68 Å². The van der Waals surface area contributed by atoms with Crippen molar-refractivity contribution in [2.24, 2.45) is 5.92 Å². The number of benzene rings is 2. The number of hydrogen-bond acceptors (Lipinski definition) is 5. The highest BCUT2D eigenvalue weighted by molar-refractivity contribution is 7.98. The van der Waals surface area contributed by atoms with Crippen molar-refractivity contribution in [1.82, 2.24) is 24.5 Å². The summed E-state index contributed by atoms with van der Waals surface area (Å²) in [6.45, 7) is 5.75. The molecule has 160 valence electrons. The molecule has 0 aliphatic heterocycles. The maximum atomic E-state index is 5.92. The molecule has 0 saturated carbocycles. The molecule has 6 nitrogen and oxygen atoms in total. The molecule has 4 aromatic rings. The van der Waals surface area contributed by atoms with Crippen LogP contribution < -0.4 is 4.74 Å². The first-order valence-corrected chi connectivity index (χ1v) is 11.5. The third-order valence-corrected chi connectivity index (χ3v) is 5.90. The molecule has 0 aliphatic rings. The zero-order chi connectivity index (χ0) is 21.5. The SMILES string of the molecule is CC(C)CCn1c(COc2ccccc2)nnc1SCc1cnn(-c2ccccc2)c1. The summed E-state index contributed by atoms with van der Waals surface area (Å²) in [5, 5.41) is 14.3. The number of para-hydroxylation sites is 2. The van der Waals surface area contributed by atoms with Crippen molar-refractivity contribution in [3.05, 3.63) is 84.4 Å². The summed E-state index contributed by atoms with van der Waals surface area (Å²) >= 11 is 1.68. The van der Waals surface area contributed by atoms with Crippen LogP contribution in [0, 0.1) is 5.92 Å². The monoisotopic (exact) mass is 433 g/mol. The van der Waals surface area contributed by atoms with E-state index >= 15 is 0 Å². The molecule has 2 aromatic carbocycles. The van der Waals surface area contributed by atoms with E-state index in [-0.39, 0.29) is 0 Å². The van der Waals surface area contributed by atoms with Crippen molar-refractivity contribution >= 4 is 11.8 Å². The highest BCUT2D eigenvalue weighted by Gasteiger charge is 2.14. The summed E-state index contributed by atoms with van der Waals surface area (Å²) in [6.07, 6.45) is 5.04. The molecule has 0 aliphatic carbocycles. The molecule has 0 fully saturated rings. The molecule has 2 heterocycles. The molecule has 0 N–H and O–H groups in total. The summed E-state index contributed by atoms with van der Waals surface area (Å²) in [5.74, 6) is 3.08. The maximum absolute atomic E-state index is 5.92. The zero-order valence-corrected chi connectivity index (χ0v) is 18.7. The summed E-state index contributed by atoms with van der Waals surface area (Å²) < 4.78 is 10.0. The van der Waals surface area contributed by atoms with E-state index in [1.807, 2.05) is 71.5 Å². The van der Waals surface area contributed by atoms with Gasteiger partial charge in [0.2, 0.25) is 0 Å². The molecule has 0 spiro atoms. The average Bonchev–Trinajstić information content (AvgIpc) is 3.43. The Morgan fingerprint density at radius 1 is 0.968 bits per heavy atom. The van der Waals surface area contributed by atoms with Crippen LogP contribution in [0.25, 0.3) is 5.69 Å². The maximum Gasteiger partial charge on any atom is 0.191 e. The lowest BCUT2D eigenvalue weighted by Crippen LogP contribution is -2.10. The smallest absolute Gasteiger partial charge is 0.191 e. The van der Waals surface area contributed by atoms with Crippen molar-refractivity contribution in [3.8, 4) is 11.4 Å². The highest BCUT2D eigenvalue weighted by Crippen LogP contribution is 2.24. The van der Waals surface area contributed by atoms with Crippen LogP contribution in [-0.4, -0.2) is 24.5 Å². The standard InChI is InChI=1S/C24H27N5OS/c1-19(2)13-14-28-23(17-30-22-11-7-4-8-12-22)26-27-24(28)31-18-20-15-25-29(16-20)21-9-5-3-6-10-21/h3-12,15-16,19H,13-14,17-18H2,1-2H3. The van der Waals surface area contributed by atoms with Gasteiger partial charge in [-0.05, 0) is 36.6 Å². The Morgan fingerprint density at radius 2 is 1.71 bits per heavy atom. The van der Waals surface area contributed by atoms with Gasteiger partial charge in [0, 0.05) is 24.1 Å². The van der Waals surface area contributed by atoms with E-state index in [2.05, 4.69) is 39.9 Å². The number of aromatic nitrogens is 5. The highest BCUT2D eigenvalue weighted by atomic mass is 32.2. The van der Waals surface area contributed by atoms with Gasteiger partial charge in [0.05, 0.1) is 11.9 Å². The van der Waals surface area contributed by atoms with E-state index in [1.54, 1.807) is 11.8 Å². The van der Waals surface area contributed by atoms with Crippen LogP contribution in [0.1, 0.15) is 31.7 Å². The van der Waals surface area contributed by atoms with Gasteiger partial charge < -0.3 is 9.30 Å². The van der Waals surface area contributed by atoms with Gasteiger partial charge in [-0.3, -0.25) is 0 Å². The molecule has 2 aromatic heterocycles. The normalized spacial score (nSPS) is 11.2. The predicted molar refractivity (Wildman–Crippen MR) is 123 cm³/mol. The van der Waals surface area contributed by atoms with Gasteiger partial charge >= 0.3 is 0 Å².